The molecule has 1 aliphatic rings. The highest BCUT2D eigenvalue weighted by molar-refractivity contribution is 7.89. The van der Waals surface area contributed by atoms with Gasteiger partial charge in [-0.25, -0.2) is 45.0 Å². The molecule has 55 heavy (non-hydrogen) atoms. The van der Waals surface area contributed by atoms with Crippen LogP contribution < -0.4 is 4.90 Å². The summed E-state index contributed by atoms with van der Waals surface area (Å²) < 4.78 is 106. The molecule has 1 heterocycles. The zero-order valence-corrected chi connectivity index (χ0v) is 32.2. The summed E-state index contributed by atoms with van der Waals surface area (Å²) in [5.41, 5.74) is -0.0594. The Bertz CT molecular complexity index is 2240. The fourth-order valence-corrected chi connectivity index (χ4v) is 7.13. The van der Waals surface area contributed by atoms with Crippen molar-refractivity contribution in [1.29, 1.82) is 0 Å². The van der Waals surface area contributed by atoms with Gasteiger partial charge in [0.1, 0.15) is 11.3 Å². The van der Waals surface area contributed by atoms with E-state index in [1.54, 1.807) is 32.9 Å². The first-order chi connectivity index (χ1) is 25.5. The van der Waals surface area contributed by atoms with Gasteiger partial charge >= 0.3 is 5.97 Å². The number of esters is 1. The molecule has 1 aliphatic carbocycles. The van der Waals surface area contributed by atoms with Crippen molar-refractivity contribution in [2.24, 2.45) is 0 Å². The van der Waals surface area contributed by atoms with Gasteiger partial charge in [0.25, 0.3) is 5.91 Å². The van der Waals surface area contributed by atoms with Crippen LogP contribution in [0.2, 0.25) is 5.02 Å². The van der Waals surface area contributed by atoms with Crippen LogP contribution in [0.1, 0.15) is 97.8 Å². The Balaban J connectivity index is 1.65. The van der Waals surface area contributed by atoms with Gasteiger partial charge in [-0.1, -0.05) is 50.6 Å². The van der Waals surface area contributed by atoms with Gasteiger partial charge in [-0.05, 0) is 98.0 Å². The van der Waals surface area contributed by atoms with Crippen molar-refractivity contribution in [3.63, 3.8) is 0 Å². The number of nitrogens with zero attached hydrogens (tertiary/aromatic N) is 3. The van der Waals surface area contributed by atoms with Gasteiger partial charge < -0.3 is 4.74 Å². The van der Waals surface area contributed by atoms with Crippen LogP contribution in [-0.2, 0) is 31.5 Å². The number of sulfonamides is 1. The van der Waals surface area contributed by atoms with Crippen molar-refractivity contribution in [3.8, 4) is 0 Å². The molecule has 0 aliphatic heterocycles. The minimum absolute atomic E-state index is 0.0331. The van der Waals surface area contributed by atoms with Crippen LogP contribution in [0, 0.1) is 29.1 Å². The lowest BCUT2D eigenvalue weighted by Crippen LogP contribution is -2.46. The van der Waals surface area contributed by atoms with Gasteiger partial charge in [0, 0.05) is 17.1 Å². The number of benzene rings is 3. The van der Waals surface area contributed by atoms with E-state index >= 15 is 8.78 Å². The minimum Gasteiger partial charge on any atom is -0.455 e. The maximum absolute atomic E-state index is 15.1. The quantitative estimate of drug-likeness (QED) is 0.0683. The Morgan fingerprint density at radius 1 is 0.836 bits per heavy atom. The van der Waals surface area contributed by atoms with Gasteiger partial charge in [0.05, 0.1) is 18.4 Å². The van der Waals surface area contributed by atoms with E-state index in [4.69, 9.17) is 16.3 Å². The number of hydrogen-bond acceptors (Lipinski definition) is 7. The van der Waals surface area contributed by atoms with E-state index in [1.165, 1.54) is 36.4 Å². The third-order valence-electron chi connectivity index (χ3n) is 8.53. The summed E-state index contributed by atoms with van der Waals surface area (Å²) in [5, 5.41) is 0.219. The first kappa shape index (κ1) is 41.4. The van der Waals surface area contributed by atoms with E-state index in [1.807, 2.05) is 26.8 Å². The number of anilines is 1. The molecule has 9 nitrogen and oxygen atoms in total. The maximum Gasteiger partial charge on any atom is 0.357 e. The Morgan fingerprint density at radius 3 is 1.93 bits per heavy atom. The number of carbonyl (C=O) groups is 3. The molecule has 0 N–H and O–H groups in total. The Labute approximate surface area is 320 Å². The molecule has 1 fully saturated rings. The zero-order chi connectivity index (χ0) is 40.8. The molecule has 292 valence electrons. The monoisotopic (exact) mass is 805 g/mol. The van der Waals surface area contributed by atoms with Gasteiger partial charge in [0.15, 0.2) is 28.2 Å². The molecular formula is C39H37ClF5N3O6S. The van der Waals surface area contributed by atoms with E-state index in [2.05, 4.69) is 4.98 Å². The molecule has 1 aromatic heterocycles. The van der Waals surface area contributed by atoms with E-state index in [9.17, 15) is 36.0 Å². The fourth-order valence-electron chi connectivity index (χ4n) is 5.51. The van der Waals surface area contributed by atoms with Crippen LogP contribution in [0.5, 0.6) is 0 Å². The number of imide groups is 1. The first-order valence-corrected chi connectivity index (χ1v) is 18.8. The molecule has 4 aromatic rings. The Kier molecular flexibility index (Phi) is 11.6. The Hall–Kier alpha value is -4.73. The summed E-state index contributed by atoms with van der Waals surface area (Å²) in [6, 6.07) is 12.8. The average Bonchev–Trinajstić information content (AvgIpc) is 3.96. The molecule has 0 bridgehead atoms. The predicted octanol–water partition coefficient (Wildman–Crippen LogP) is 8.63. The molecule has 0 unspecified atom stereocenters. The van der Waals surface area contributed by atoms with Gasteiger partial charge in [-0.3, -0.25) is 9.59 Å². The number of rotatable bonds is 10. The van der Waals surface area contributed by atoms with Gasteiger partial charge in [-0.15, -0.1) is 0 Å². The van der Waals surface area contributed by atoms with Crippen LogP contribution in [-0.4, -0.2) is 47.6 Å². The van der Waals surface area contributed by atoms with E-state index < -0.39 is 85.9 Å². The van der Waals surface area contributed by atoms with Crippen LogP contribution in [0.4, 0.5) is 27.6 Å². The lowest BCUT2D eigenvalue weighted by atomic mass is 9.84. The van der Waals surface area contributed by atoms with Crippen molar-refractivity contribution < 1.29 is 49.5 Å². The lowest BCUT2D eigenvalue weighted by Gasteiger charge is -2.27. The second-order valence-electron chi connectivity index (χ2n) is 15.1. The van der Waals surface area contributed by atoms with Crippen LogP contribution in [0.25, 0.3) is 0 Å². The van der Waals surface area contributed by atoms with Gasteiger partial charge in [-0.2, -0.15) is 4.31 Å². The summed E-state index contributed by atoms with van der Waals surface area (Å²) >= 11 is 5.96. The normalized spacial score (nSPS) is 13.5. The summed E-state index contributed by atoms with van der Waals surface area (Å²) in [7, 11) is -5.74. The van der Waals surface area contributed by atoms with Crippen molar-refractivity contribution in [1.82, 2.24) is 9.29 Å². The number of pyridine rings is 1. The second-order valence-corrected chi connectivity index (χ2v) is 17.4. The number of amides is 2. The molecule has 1 saturated carbocycles. The van der Waals surface area contributed by atoms with Gasteiger partial charge in [0.2, 0.25) is 21.7 Å². The standard InChI is InChI=1S/C39H37ClF5N3O6S/c1-38(2,3)25-16-23(22-9-10-22)15-24(17-25)36(50)48(27-13-14-28(46-18-27)37(51)54-39(4,5)6)29(49)20-47(19-21-7-11-26(40)12-8-21)55(52,53)35-33(44)31(42)30(41)32(43)34(35)45/h7-8,11-18,22H,9-10,19-20H2,1-6H3. The molecule has 0 saturated heterocycles. The third kappa shape index (κ3) is 9.22. The molecule has 16 heteroatoms. The minimum atomic E-state index is -5.74. The van der Waals surface area contributed by atoms with Crippen LogP contribution in [0.3, 0.4) is 0 Å². The molecule has 0 spiro atoms. The SMILES string of the molecule is CC(C)(C)OC(=O)c1ccc(N(C(=O)CN(Cc2ccc(Cl)cc2)S(=O)(=O)c2c(F)c(F)c(F)c(F)c2F)C(=O)c2cc(C3CC3)cc(C(C)(C)C)c2)cn1. The lowest BCUT2D eigenvalue weighted by molar-refractivity contribution is -0.118. The highest BCUT2D eigenvalue weighted by atomic mass is 35.5. The maximum atomic E-state index is 15.1. The van der Waals surface area contributed by atoms with Crippen molar-refractivity contribution in [3.05, 3.63) is 123 Å². The number of carbonyl (C=O) groups excluding carboxylic acids is 3. The Morgan fingerprint density at radius 2 is 1.42 bits per heavy atom. The second kappa shape index (κ2) is 15.4. The molecule has 3 aromatic carbocycles. The topological polar surface area (TPSA) is 114 Å². The molecular weight excluding hydrogens is 769 g/mol. The summed E-state index contributed by atoms with van der Waals surface area (Å²) in [4.78, 5) is 44.2. The van der Waals surface area contributed by atoms with Crippen LogP contribution in [0.15, 0.2) is 65.7 Å². The zero-order valence-electron chi connectivity index (χ0n) is 30.6. The number of halogens is 6. The fraction of sp³-hybridized carbons (Fsp3) is 0.333. The number of ether oxygens (including phenoxy) is 1. The van der Waals surface area contributed by atoms with Crippen LogP contribution >= 0.6 is 11.6 Å². The number of aromatic nitrogens is 1. The van der Waals surface area contributed by atoms with Crippen molar-refractivity contribution in [2.45, 2.75) is 82.8 Å². The highest BCUT2D eigenvalue weighted by Crippen LogP contribution is 2.42. The van der Waals surface area contributed by atoms with Crippen molar-refractivity contribution in [2.75, 3.05) is 11.4 Å². The summed E-state index contributed by atoms with van der Waals surface area (Å²) in [6.45, 7) is 8.49. The third-order valence-corrected chi connectivity index (χ3v) is 10.6. The molecule has 0 atom stereocenters. The predicted molar refractivity (Wildman–Crippen MR) is 194 cm³/mol. The largest absolute Gasteiger partial charge is 0.455 e. The van der Waals surface area contributed by atoms with Crippen molar-refractivity contribution >= 4 is 45.1 Å². The molecule has 5 rings (SSSR count). The van der Waals surface area contributed by atoms with E-state index in [0.29, 0.717) is 4.90 Å². The van der Waals surface area contributed by atoms with E-state index in [-0.39, 0.29) is 37.8 Å². The average molecular weight is 806 g/mol. The van der Waals surface area contributed by atoms with E-state index in [0.717, 1.165) is 30.2 Å². The number of hydrogen-bond donors (Lipinski definition) is 0. The summed E-state index contributed by atoms with van der Waals surface area (Å²) in [6.07, 6.45) is 2.75. The molecule has 0 radical (unpaired) electrons. The first-order valence-electron chi connectivity index (χ1n) is 17.0. The summed E-state index contributed by atoms with van der Waals surface area (Å²) in [5.74, 6) is -15.8. The smallest absolute Gasteiger partial charge is 0.357 e. The highest BCUT2D eigenvalue weighted by Gasteiger charge is 2.40. The molecule has 2 amide bonds.